The molecule has 1 amide bonds. The lowest BCUT2D eigenvalue weighted by Crippen LogP contribution is -2.50. The molecule has 2 aromatic heterocycles. The third-order valence-corrected chi connectivity index (χ3v) is 7.95. The first-order valence-electron chi connectivity index (χ1n) is 13.5. The van der Waals surface area contributed by atoms with Crippen molar-refractivity contribution in [1.29, 1.82) is 0 Å². The number of benzene rings is 2. The van der Waals surface area contributed by atoms with Crippen LogP contribution in [0.2, 0.25) is 0 Å². The maximum Gasteiger partial charge on any atom is 0.298 e. The zero-order valence-electron chi connectivity index (χ0n) is 23.8. The Balaban J connectivity index is 1.38. The van der Waals surface area contributed by atoms with Crippen LogP contribution in [0.5, 0.6) is 5.75 Å². The second-order valence-electron chi connectivity index (χ2n) is 10.4. The highest BCUT2D eigenvalue weighted by atomic mass is 19.1. The average Bonchev–Trinajstić information content (AvgIpc) is 3.28. The van der Waals surface area contributed by atoms with Crippen molar-refractivity contribution >= 4 is 68.9 Å². The summed E-state index contributed by atoms with van der Waals surface area (Å²) >= 11 is 0. The molecule has 5 rings (SSSR count). The Morgan fingerprint density at radius 2 is 1.56 bits per heavy atom. The maximum absolute atomic E-state index is 13.5. The molecule has 4 aromatic rings. The number of nitrogens with zero attached hydrogens (tertiary/aromatic N) is 5. The standard InChI is InChI=1S/C28H30B3FN6O3/c1-15-12-18(16-6-4-3-5-7-16)23(36(15)2)26(40)27(41)35-22-19(29)20(30)24(25(39)21(22)31)37-8-10-38(11-9-37)28-33-13-17(32)14-34-28/h3-7,12-14,39H,8-11,29-31H2,1-2H3,(H,35,41). The summed E-state index contributed by atoms with van der Waals surface area (Å²) in [6.07, 6.45) is 2.30. The van der Waals surface area contributed by atoms with Gasteiger partial charge in [0, 0.05) is 50.2 Å². The number of aryl methyl sites for hydroxylation is 1. The number of aromatic hydroxyl groups is 1. The van der Waals surface area contributed by atoms with E-state index in [-0.39, 0.29) is 5.75 Å². The molecule has 41 heavy (non-hydrogen) atoms. The number of piperazine rings is 1. The molecule has 1 fully saturated rings. The van der Waals surface area contributed by atoms with Gasteiger partial charge in [0.15, 0.2) is 5.82 Å². The SMILES string of the molecule is Bc1c(B)c(N2CCN(c3ncc(F)cn3)CC2)c(O)c(B)c1NC(=O)C(=O)c1c(-c2ccccc2)cc(C)n1C. The Morgan fingerprint density at radius 3 is 2.20 bits per heavy atom. The Bertz CT molecular complexity index is 1610. The van der Waals surface area contributed by atoms with Crippen molar-refractivity contribution in [2.45, 2.75) is 6.92 Å². The van der Waals surface area contributed by atoms with Gasteiger partial charge in [-0.3, -0.25) is 9.59 Å². The van der Waals surface area contributed by atoms with Crippen LogP contribution in [0.15, 0.2) is 48.8 Å². The number of nitrogens with one attached hydrogen (secondary N) is 1. The monoisotopic (exact) mass is 550 g/mol. The smallest absolute Gasteiger partial charge is 0.298 e. The van der Waals surface area contributed by atoms with Gasteiger partial charge < -0.3 is 24.8 Å². The van der Waals surface area contributed by atoms with E-state index in [1.165, 1.54) is 0 Å². The minimum absolute atomic E-state index is 0.0574. The van der Waals surface area contributed by atoms with Gasteiger partial charge in [0.05, 0.1) is 18.1 Å². The molecule has 0 atom stereocenters. The highest BCUT2D eigenvalue weighted by Crippen LogP contribution is 2.29. The third-order valence-electron chi connectivity index (χ3n) is 7.95. The summed E-state index contributed by atoms with van der Waals surface area (Å²) in [7, 11) is 7.27. The fourth-order valence-corrected chi connectivity index (χ4v) is 5.41. The van der Waals surface area contributed by atoms with Crippen molar-refractivity contribution in [3.05, 3.63) is 66.0 Å². The van der Waals surface area contributed by atoms with Crippen LogP contribution < -0.4 is 31.5 Å². The van der Waals surface area contributed by atoms with Crippen LogP contribution in [-0.4, -0.2) is 81.0 Å². The van der Waals surface area contributed by atoms with Gasteiger partial charge in [0.25, 0.3) is 11.7 Å². The van der Waals surface area contributed by atoms with Crippen LogP contribution in [-0.2, 0) is 11.8 Å². The Morgan fingerprint density at radius 1 is 0.951 bits per heavy atom. The predicted octanol–water partition coefficient (Wildman–Crippen LogP) is -1.44. The normalized spacial score (nSPS) is 13.3. The summed E-state index contributed by atoms with van der Waals surface area (Å²) in [5.41, 5.74) is 5.89. The predicted molar refractivity (Wildman–Crippen MR) is 168 cm³/mol. The molecule has 0 radical (unpaired) electrons. The van der Waals surface area contributed by atoms with Gasteiger partial charge in [0.1, 0.15) is 35.0 Å². The summed E-state index contributed by atoms with van der Waals surface area (Å²) in [6, 6.07) is 11.4. The summed E-state index contributed by atoms with van der Waals surface area (Å²) in [5.74, 6) is -1.39. The molecule has 1 aliphatic heterocycles. The molecule has 206 valence electrons. The molecule has 1 aliphatic rings. The number of phenolic OH excluding ortho intramolecular Hbond substituents is 1. The van der Waals surface area contributed by atoms with E-state index in [1.54, 1.807) is 19.5 Å². The van der Waals surface area contributed by atoms with E-state index >= 15 is 0 Å². The van der Waals surface area contributed by atoms with E-state index in [2.05, 4.69) is 20.2 Å². The molecule has 0 spiro atoms. The largest absolute Gasteiger partial charge is 0.506 e. The molecule has 0 aliphatic carbocycles. The molecule has 1 saturated heterocycles. The second kappa shape index (κ2) is 11.2. The van der Waals surface area contributed by atoms with Crippen LogP contribution in [0.3, 0.4) is 0 Å². The first-order valence-corrected chi connectivity index (χ1v) is 13.5. The number of carbonyl (C=O) groups is 2. The lowest BCUT2D eigenvalue weighted by molar-refractivity contribution is -0.112. The van der Waals surface area contributed by atoms with Crippen molar-refractivity contribution in [2.75, 3.05) is 41.3 Å². The van der Waals surface area contributed by atoms with E-state index in [9.17, 15) is 19.1 Å². The number of aromatic nitrogens is 3. The topological polar surface area (TPSA) is 104 Å². The van der Waals surface area contributed by atoms with Gasteiger partial charge in [-0.1, -0.05) is 41.3 Å². The Labute approximate surface area is 240 Å². The van der Waals surface area contributed by atoms with E-state index < -0.39 is 17.5 Å². The number of hydrogen-bond donors (Lipinski definition) is 2. The zero-order chi connectivity index (χ0) is 29.4. The third kappa shape index (κ3) is 5.19. The number of carbonyl (C=O) groups excluding carboxylic acids is 2. The van der Waals surface area contributed by atoms with Gasteiger partial charge in [-0.05, 0) is 24.0 Å². The molecule has 9 nitrogen and oxygen atoms in total. The molecule has 3 heterocycles. The lowest BCUT2D eigenvalue weighted by atomic mass is 9.73. The minimum Gasteiger partial charge on any atom is -0.506 e. The van der Waals surface area contributed by atoms with E-state index in [0.29, 0.717) is 60.2 Å². The van der Waals surface area contributed by atoms with Crippen molar-refractivity contribution < 1.29 is 19.1 Å². The quantitative estimate of drug-likeness (QED) is 0.172. The lowest BCUT2D eigenvalue weighted by Gasteiger charge is -2.38. The van der Waals surface area contributed by atoms with Crippen LogP contribution >= 0.6 is 0 Å². The fourth-order valence-electron chi connectivity index (χ4n) is 5.41. The van der Waals surface area contributed by atoms with Crippen LogP contribution in [0.25, 0.3) is 11.1 Å². The number of hydrogen-bond acceptors (Lipinski definition) is 7. The number of halogens is 1. The molecular formula is C28H30B3FN6O3. The zero-order valence-corrected chi connectivity index (χ0v) is 23.8. The number of Topliss-reactive ketones (excluding diaryl/α,β-unsaturated/α-hetero) is 1. The molecule has 2 N–H and O–H groups in total. The summed E-state index contributed by atoms with van der Waals surface area (Å²) < 4.78 is 15.0. The Hall–Kier alpha value is -4.54. The van der Waals surface area contributed by atoms with Crippen LogP contribution in [0, 0.1) is 12.7 Å². The molecule has 0 bridgehead atoms. The first-order chi connectivity index (χ1) is 19.6. The number of amides is 1. The summed E-state index contributed by atoms with van der Waals surface area (Å²) in [5, 5.41) is 14.1. The second-order valence-corrected chi connectivity index (χ2v) is 10.4. The van der Waals surface area contributed by atoms with E-state index in [4.69, 9.17) is 0 Å². The maximum atomic E-state index is 13.5. The number of phenols is 1. The Kier molecular flexibility index (Phi) is 7.62. The number of rotatable bonds is 6. The van der Waals surface area contributed by atoms with Crippen LogP contribution in [0.1, 0.15) is 16.2 Å². The highest BCUT2D eigenvalue weighted by Gasteiger charge is 2.29. The molecule has 0 saturated carbocycles. The van der Waals surface area contributed by atoms with Crippen LogP contribution in [0.4, 0.5) is 21.7 Å². The summed E-state index contributed by atoms with van der Waals surface area (Å²) in [4.78, 5) is 39.1. The van der Waals surface area contributed by atoms with Crippen molar-refractivity contribution in [2.24, 2.45) is 7.05 Å². The molecule has 2 aromatic carbocycles. The van der Waals surface area contributed by atoms with Crippen molar-refractivity contribution in [3.63, 3.8) is 0 Å². The number of ketones is 1. The van der Waals surface area contributed by atoms with E-state index in [0.717, 1.165) is 34.6 Å². The number of anilines is 3. The average molecular weight is 550 g/mol. The molecule has 13 heteroatoms. The van der Waals surface area contributed by atoms with E-state index in [1.807, 2.05) is 63.9 Å². The first kappa shape index (κ1) is 28.0. The fraction of sp³-hybridized carbons (Fsp3) is 0.214. The van der Waals surface area contributed by atoms with Gasteiger partial charge in [-0.25, -0.2) is 14.4 Å². The minimum atomic E-state index is -0.769. The molecule has 0 unspecified atom stereocenters. The van der Waals surface area contributed by atoms with Gasteiger partial charge >= 0.3 is 0 Å². The van der Waals surface area contributed by atoms with Gasteiger partial charge in [-0.15, -0.1) is 0 Å². The van der Waals surface area contributed by atoms with Gasteiger partial charge in [-0.2, -0.15) is 0 Å². The highest BCUT2D eigenvalue weighted by molar-refractivity contribution is 6.58. The summed E-state index contributed by atoms with van der Waals surface area (Å²) in [6.45, 7) is 4.26. The van der Waals surface area contributed by atoms with Crippen molar-refractivity contribution in [1.82, 2.24) is 14.5 Å². The molecular weight excluding hydrogens is 520 g/mol. The van der Waals surface area contributed by atoms with Crippen molar-refractivity contribution in [3.8, 4) is 16.9 Å². The van der Waals surface area contributed by atoms with Gasteiger partial charge in [0.2, 0.25) is 5.95 Å².